The van der Waals surface area contributed by atoms with Crippen LogP contribution < -0.4 is 0 Å². The maximum atomic E-state index is 14.4. The van der Waals surface area contributed by atoms with Gasteiger partial charge in [0.25, 0.3) is 0 Å². The van der Waals surface area contributed by atoms with E-state index >= 15 is 0 Å². The molecule has 5 heteroatoms. The Kier molecular flexibility index (Phi) is 5.97. The van der Waals surface area contributed by atoms with Crippen molar-refractivity contribution in [3.63, 3.8) is 0 Å². The van der Waals surface area contributed by atoms with Crippen LogP contribution in [-0.2, 0) is 11.1 Å². The highest BCUT2D eigenvalue weighted by atomic mass is 19.1. The van der Waals surface area contributed by atoms with Gasteiger partial charge in [-0.3, -0.25) is 0 Å². The summed E-state index contributed by atoms with van der Waals surface area (Å²) in [5.41, 5.74) is 1.32. The Labute approximate surface area is 209 Å². The van der Waals surface area contributed by atoms with E-state index in [2.05, 4.69) is 46.2 Å². The molecule has 1 atom stereocenters. The lowest BCUT2D eigenvalue weighted by Crippen LogP contribution is -2.37. The van der Waals surface area contributed by atoms with Crippen LogP contribution in [0.3, 0.4) is 0 Å². The first-order chi connectivity index (χ1) is 17.5. The number of halogens is 1. The van der Waals surface area contributed by atoms with Crippen molar-refractivity contribution in [2.24, 2.45) is 0 Å². The summed E-state index contributed by atoms with van der Waals surface area (Å²) in [5, 5.41) is 11.5. The minimum absolute atomic E-state index is 0.0867. The van der Waals surface area contributed by atoms with Crippen molar-refractivity contribution >= 4 is 5.69 Å². The van der Waals surface area contributed by atoms with Crippen molar-refractivity contribution in [1.29, 1.82) is 0 Å². The lowest BCUT2D eigenvalue weighted by molar-refractivity contribution is 0.0973. The number of nitrogens with zero attached hydrogens (tertiary/aromatic N) is 3. The second-order valence-electron chi connectivity index (χ2n) is 8.82. The summed E-state index contributed by atoms with van der Waals surface area (Å²) in [7, 11) is 0. The molecule has 36 heavy (non-hydrogen) atoms. The minimum Gasteiger partial charge on any atom is -0.379 e. The maximum absolute atomic E-state index is 14.4. The second kappa shape index (κ2) is 9.26. The van der Waals surface area contributed by atoms with E-state index in [1.165, 1.54) is 12.1 Å². The van der Waals surface area contributed by atoms with Crippen LogP contribution >= 0.6 is 0 Å². The van der Waals surface area contributed by atoms with Crippen LogP contribution in [0.15, 0.2) is 122 Å². The highest BCUT2D eigenvalue weighted by molar-refractivity contribution is 5.52. The summed E-state index contributed by atoms with van der Waals surface area (Å²) in [4.78, 5) is 7.79. The molecule has 5 rings (SSSR count). The van der Waals surface area contributed by atoms with Crippen molar-refractivity contribution in [3.05, 3.63) is 167 Å². The fourth-order valence-corrected chi connectivity index (χ4v) is 4.79. The molecule has 0 spiro atoms. The molecule has 4 aromatic carbocycles. The van der Waals surface area contributed by atoms with Crippen LogP contribution in [0.25, 0.3) is 4.85 Å². The van der Waals surface area contributed by atoms with E-state index in [1.54, 1.807) is 19.3 Å². The fourth-order valence-electron chi connectivity index (χ4n) is 4.79. The van der Waals surface area contributed by atoms with E-state index < -0.39 is 17.0 Å². The Morgan fingerprint density at radius 1 is 0.778 bits per heavy atom. The van der Waals surface area contributed by atoms with Crippen molar-refractivity contribution in [2.45, 2.75) is 18.1 Å². The van der Waals surface area contributed by atoms with Crippen molar-refractivity contribution in [1.82, 2.24) is 9.55 Å². The first-order valence-corrected chi connectivity index (χ1v) is 11.6. The van der Waals surface area contributed by atoms with Crippen LogP contribution in [0, 0.1) is 12.4 Å². The van der Waals surface area contributed by atoms with Crippen LogP contribution in [0.2, 0.25) is 0 Å². The summed E-state index contributed by atoms with van der Waals surface area (Å²) in [5.74, 6) is -0.672. The third-order valence-electron chi connectivity index (χ3n) is 6.67. The van der Waals surface area contributed by atoms with Crippen molar-refractivity contribution < 1.29 is 9.50 Å². The molecule has 1 aromatic heterocycles. The Morgan fingerprint density at radius 3 is 1.72 bits per heavy atom. The van der Waals surface area contributed by atoms with Gasteiger partial charge >= 0.3 is 0 Å². The molecule has 1 heterocycles. The number of hydrogen-bond donors (Lipinski definition) is 1. The molecule has 1 N–H and O–H groups in total. The highest BCUT2D eigenvalue weighted by Gasteiger charge is 2.40. The average molecular weight is 474 g/mol. The van der Waals surface area contributed by atoms with Gasteiger partial charge in [0.1, 0.15) is 17.0 Å². The first-order valence-electron chi connectivity index (χ1n) is 11.6. The number of imidazole rings is 1. The number of benzene rings is 4. The zero-order valence-corrected chi connectivity index (χ0v) is 19.7. The maximum Gasteiger partial charge on any atom is 0.222 e. The molecular formula is C31H24FN3O. The van der Waals surface area contributed by atoms with Crippen LogP contribution in [-0.4, -0.2) is 14.7 Å². The van der Waals surface area contributed by atoms with Gasteiger partial charge in [0.05, 0.1) is 18.6 Å². The molecule has 0 radical (unpaired) electrons. The lowest BCUT2D eigenvalue weighted by atomic mass is 9.76. The summed E-state index contributed by atoms with van der Waals surface area (Å²) in [6.45, 7) is 8.68. The van der Waals surface area contributed by atoms with Crippen molar-refractivity contribution in [2.75, 3.05) is 0 Å². The third-order valence-corrected chi connectivity index (χ3v) is 6.67. The average Bonchev–Trinajstić information content (AvgIpc) is 3.42. The predicted molar refractivity (Wildman–Crippen MR) is 138 cm³/mol. The van der Waals surface area contributed by atoms with Gasteiger partial charge in [-0.2, -0.15) is 0 Å². The summed E-state index contributed by atoms with van der Waals surface area (Å²) < 4.78 is 16.4. The molecule has 176 valence electrons. The standard InChI is InChI=1S/C31H24FN3O/c1-30(36,26-18-19-28(33-2)27(32)20-26)29-21-35(22-34-29)31(23-12-6-3-7-13-23,24-14-8-4-9-15-24)25-16-10-5-11-17-25/h3-22,36H,1H3. The largest absolute Gasteiger partial charge is 0.379 e. The smallest absolute Gasteiger partial charge is 0.222 e. The van der Waals surface area contributed by atoms with E-state index in [4.69, 9.17) is 6.57 Å². The Hall–Kier alpha value is -4.53. The molecule has 1 unspecified atom stereocenters. The number of rotatable bonds is 6. The molecule has 0 fully saturated rings. The SMILES string of the molecule is [C-]#[N+]c1ccc(C(C)(O)c2cn(C(c3ccccc3)(c3ccccc3)c3ccccc3)cn2)cc1F. The van der Waals surface area contributed by atoms with Gasteiger partial charge in [-0.15, -0.1) is 0 Å². The van der Waals surface area contributed by atoms with Gasteiger partial charge in [-0.1, -0.05) is 103 Å². The lowest BCUT2D eigenvalue weighted by Gasteiger charge is -2.37. The molecule has 0 amide bonds. The minimum atomic E-state index is -1.58. The van der Waals surface area contributed by atoms with Gasteiger partial charge in [-0.05, 0) is 35.2 Å². The summed E-state index contributed by atoms with van der Waals surface area (Å²) in [6, 6.07) is 34.6. The molecule has 4 nitrogen and oxygen atoms in total. The Morgan fingerprint density at radius 2 is 1.28 bits per heavy atom. The summed E-state index contributed by atoms with van der Waals surface area (Å²) >= 11 is 0. The van der Waals surface area contributed by atoms with Crippen LogP contribution in [0.1, 0.15) is 34.9 Å². The number of aromatic nitrogens is 2. The van der Waals surface area contributed by atoms with Crippen LogP contribution in [0.5, 0.6) is 0 Å². The first kappa shape index (κ1) is 23.2. The molecule has 0 saturated heterocycles. The van der Waals surface area contributed by atoms with Crippen LogP contribution in [0.4, 0.5) is 10.1 Å². The molecule has 5 aromatic rings. The van der Waals surface area contributed by atoms with E-state index in [0.717, 1.165) is 16.7 Å². The molecule has 0 aliphatic carbocycles. The molecule has 0 bridgehead atoms. The predicted octanol–water partition coefficient (Wildman–Crippen LogP) is 6.67. The summed E-state index contributed by atoms with van der Waals surface area (Å²) in [6.07, 6.45) is 3.52. The van der Waals surface area contributed by atoms with Gasteiger partial charge in [0, 0.05) is 6.20 Å². The van der Waals surface area contributed by atoms with Crippen molar-refractivity contribution in [3.8, 4) is 0 Å². The Bertz CT molecular complexity index is 1420. The zero-order valence-electron chi connectivity index (χ0n) is 19.7. The number of hydrogen-bond acceptors (Lipinski definition) is 2. The highest BCUT2D eigenvalue weighted by Crippen LogP contribution is 2.42. The zero-order chi connectivity index (χ0) is 25.2. The van der Waals surface area contributed by atoms with Gasteiger partial charge < -0.3 is 9.67 Å². The van der Waals surface area contributed by atoms with Gasteiger partial charge in [-0.25, -0.2) is 14.2 Å². The second-order valence-corrected chi connectivity index (χ2v) is 8.82. The molecule has 0 aliphatic rings. The van der Waals surface area contributed by atoms with Gasteiger partial charge in [0.15, 0.2) is 0 Å². The number of aliphatic hydroxyl groups is 1. The molecular weight excluding hydrogens is 449 g/mol. The fraction of sp³-hybridized carbons (Fsp3) is 0.0968. The quantitative estimate of drug-likeness (QED) is 0.221. The van der Waals surface area contributed by atoms with E-state index in [1.807, 2.05) is 65.4 Å². The van der Waals surface area contributed by atoms with Gasteiger partial charge in [0.2, 0.25) is 5.69 Å². The topological polar surface area (TPSA) is 42.4 Å². The van der Waals surface area contributed by atoms with E-state index in [0.29, 0.717) is 11.3 Å². The van der Waals surface area contributed by atoms with E-state index in [-0.39, 0.29) is 5.69 Å². The molecule has 0 aliphatic heterocycles. The monoisotopic (exact) mass is 473 g/mol. The van der Waals surface area contributed by atoms with E-state index in [9.17, 15) is 9.50 Å². The molecule has 0 saturated carbocycles. The Balaban J connectivity index is 1.74. The normalized spacial score (nSPS) is 13.1. The third kappa shape index (κ3) is 3.78.